The average Bonchev–Trinajstić information content (AvgIpc) is 2.54. The number of nitrogens with one attached hydrogen (secondary N) is 2. The van der Waals surface area contributed by atoms with Crippen LogP contribution in [0.25, 0.3) is 6.08 Å². The van der Waals surface area contributed by atoms with Gasteiger partial charge in [-0.15, -0.1) is 0 Å². The molecule has 2 aromatic carbocycles. The molecular formula is C17H14BrFN2O2. The highest BCUT2D eigenvalue weighted by Gasteiger charge is 2.04. The van der Waals surface area contributed by atoms with Gasteiger partial charge in [0, 0.05) is 10.5 Å². The fourth-order valence-corrected chi connectivity index (χ4v) is 2.20. The monoisotopic (exact) mass is 376 g/mol. The van der Waals surface area contributed by atoms with E-state index in [1.54, 1.807) is 6.08 Å². The number of halogens is 2. The van der Waals surface area contributed by atoms with Crippen LogP contribution in [0, 0.1) is 5.82 Å². The summed E-state index contributed by atoms with van der Waals surface area (Å²) in [4.78, 5) is 23.3. The van der Waals surface area contributed by atoms with Crippen molar-refractivity contribution in [2.45, 2.75) is 6.42 Å². The van der Waals surface area contributed by atoms with Crippen LogP contribution in [0.5, 0.6) is 0 Å². The average molecular weight is 377 g/mol. The van der Waals surface area contributed by atoms with E-state index >= 15 is 0 Å². The van der Waals surface area contributed by atoms with Gasteiger partial charge in [0.25, 0.3) is 5.91 Å². The van der Waals surface area contributed by atoms with Crippen LogP contribution < -0.4 is 10.9 Å². The second-order valence-corrected chi connectivity index (χ2v) is 5.55. The molecule has 2 aromatic rings. The van der Waals surface area contributed by atoms with Gasteiger partial charge in [0.2, 0.25) is 5.91 Å². The molecule has 2 amide bonds. The maximum atomic E-state index is 12.8. The quantitative estimate of drug-likeness (QED) is 0.636. The van der Waals surface area contributed by atoms with E-state index in [1.807, 2.05) is 24.3 Å². The minimum absolute atomic E-state index is 0.0501. The predicted octanol–water partition coefficient (Wildman–Crippen LogP) is 2.99. The summed E-state index contributed by atoms with van der Waals surface area (Å²) in [6, 6.07) is 13.0. The van der Waals surface area contributed by atoms with Gasteiger partial charge in [0.1, 0.15) is 5.82 Å². The van der Waals surface area contributed by atoms with Gasteiger partial charge < -0.3 is 0 Å². The Morgan fingerprint density at radius 2 is 1.74 bits per heavy atom. The number of carbonyl (C=O) groups excluding carboxylic acids is 2. The normalized spacial score (nSPS) is 10.5. The molecule has 0 atom stereocenters. The van der Waals surface area contributed by atoms with Crippen LogP contribution >= 0.6 is 15.9 Å². The number of benzene rings is 2. The maximum Gasteiger partial charge on any atom is 0.262 e. The zero-order valence-electron chi connectivity index (χ0n) is 12.1. The lowest BCUT2D eigenvalue weighted by Gasteiger charge is -2.05. The van der Waals surface area contributed by atoms with Gasteiger partial charge in [-0.1, -0.05) is 46.3 Å². The van der Waals surface area contributed by atoms with Crippen molar-refractivity contribution in [3.63, 3.8) is 0 Å². The predicted molar refractivity (Wildman–Crippen MR) is 89.6 cm³/mol. The van der Waals surface area contributed by atoms with Crippen molar-refractivity contribution in [2.24, 2.45) is 0 Å². The third-order valence-electron chi connectivity index (χ3n) is 2.92. The van der Waals surface area contributed by atoms with Crippen molar-refractivity contribution in [3.8, 4) is 0 Å². The number of amides is 2. The Bertz CT molecular complexity index is 730. The van der Waals surface area contributed by atoms with Crippen molar-refractivity contribution in [1.82, 2.24) is 10.9 Å². The van der Waals surface area contributed by atoms with E-state index in [1.165, 1.54) is 30.3 Å². The van der Waals surface area contributed by atoms with E-state index < -0.39 is 5.91 Å². The van der Waals surface area contributed by atoms with Crippen molar-refractivity contribution in [1.29, 1.82) is 0 Å². The molecule has 0 aliphatic rings. The Kier molecular flexibility index (Phi) is 6.05. The van der Waals surface area contributed by atoms with Crippen LogP contribution in [0.2, 0.25) is 0 Å². The Hall–Kier alpha value is -2.47. The van der Waals surface area contributed by atoms with Crippen LogP contribution in [0.3, 0.4) is 0 Å². The van der Waals surface area contributed by atoms with E-state index in [9.17, 15) is 14.0 Å². The van der Waals surface area contributed by atoms with Crippen LogP contribution in [-0.4, -0.2) is 11.8 Å². The largest absolute Gasteiger partial charge is 0.273 e. The maximum absolute atomic E-state index is 12.8. The topological polar surface area (TPSA) is 58.2 Å². The van der Waals surface area contributed by atoms with Gasteiger partial charge in [-0.3, -0.25) is 20.4 Å². The molecule has 2 N–H and O–H groups in total. The van der Waals surface area contributed by atoms with Crippen LogP contribution in [0.15, 0.2) is 59.1 Å². The van der Waals surface area contributed by atoms with Gasteiger partial charge in [-0.2, -0.15) is 0 Å². The number of hydrogen-bond acceptors (Lipinski definition) is 2. The summed E-state index contributed by atoms with van der Waals surface area (Å²) in [5.74, 6) is -1.20. The molecule has 0 unspecified atom stereocenters. The summed E-state index contributed by atoms with van der Waals surface area (Å²) in [5.41, 5.74) is 6.09. The fraction of sp³-hybridized carbons (Fsp3) is 0.0588. The van der Waals surface area contributed by atoms with Crippen LogP contribution in [0.1, 0.15) is 11.1 Å². The summed E-state index contributed by atoms with van der Waals surface area (Å²) in [5, 5.41) is 0. The summed E-state index contributed by atoms with van der Waals surface area (Å²) in [7, 11) is 0. The van der Waals surface area contributed by atoms with Gasteiger partial charge >= 0.3 is 0 Å². The molecular weight excluding hydrogens is 363 g/mol. The smallest absolute Gasteiger partial charge is 0.262 e. The number of hydrogen-bond donors (Lipinski definition) is 2. The number of rotatable bonds is 4. The molecule has 118 valence electrons. The highest BCUT2D eigenvalue weighted by molar-refractivity contribution is 9.10. The van der Waals surface area contributed by atoms with Crippen LogP contribution in [-0.2, 0) is 16.0 Å². The standard InChI is InChI=1S/C17H14BrFN2O2/c18-15-4-2-1-3-13(15)7-10-16(22)20-21-17(23)11-12-5-8-14(19)9-6-12/h1-10H,11H2,(H,20,22)(H,21,23)/b10-7+. The van der Waals surface area contributed by atoms with Crippen molar-refractivity contribution in [3.05, 3.63) is 76.0 Å². The van der Waals surface area contributed by atoms with E-state index in [-0.39, 0.29) is 18.1 Å². The third-order valence-corrected chi connectivity index (χ3v) is 3.64. The highest BCUT2D eigenvalue weighted by atomic mass is 79.9. The second-order valence-electron chi connectivity index (χ2n) is 4.70. The Balaban J connectivity index is 1.81. The molecule has 0 saturated heterocycles. The number of hydrazine groups is 1. The lowest BCUT2D eigenvalue weighted by Crippen LogP contribution is -2.41. The van der Waals surface area contributed by atoms with Crippen molar-refractivity contribution >= 4 is 33.8 Å². The van der Waals surface area contributed by atoms with E-state index in [2.05, 4.69) is 26.8 Å². The Morgan fingerprint density at radius 3 is 2.43 bits per heavy atom. The molecule has 0 aliphatic carbocycles. The van der Waals surface area contributed by atoms with Crippen molar-refractivity contribution < 1.29 is 14.0 Å². The molecule has 0 saturated carbocycles. The lowest BCUT2D eigenvalue weighted by molar-refractivity contribution is -0.126. The molecule has 0 bridgehead atoms. The first-order valence-corrected chi connectivity index (χ1v) is 7.60. The van der Waals surface area contributed by atoms with Gasteiger partial charge in [-0.05, 0) is 35.4 Å². The summed E-state index contributed by atoms with van der Waals surface area (Å²) >= 11 is 3.37. The SMILES string of the molecule is O=C(/C=C/c1ccccc1Br)NNC(=O)Cc1ccc(F)cc1. The van der Waals surface area contributed by atoms with E-state index in [0.717, 1.165) is 10.0 Å². The molecule has 0 aromatic heterocycles. The highest BCUT2D eigenvalue weighted by Crippen LogP contribution is 2.16. The molecule has 0 radical (unpaired) electrons. The third kappa shape index (κ3) is 5.67. The molecule has 6 heteroatoms. The number of carbonyl (C=O) groups is 2. The van der Waals surface area contributed by atoms with Gasteiger partial charge in [0.05, 0.1) is 6.42 Å². The summed E-state index contributed by atoms with van der Waals surface area (Å²) < 4.78 is 13.6. The Morgan fingerprint density at radius 1 is 1.04 bits per heavy atom. The zero-order chi connectivity index (χ0) is 16.7. The first-order valence-electron chi connectivity index (χ1n) is 6.80. The molecule has 0 fully saturated rings. The lowest BCUT2D eigenvalue weighted by atomic mass is 10.1. The van der Waals surface area contributed by atoms with E-state index in [4.69, 9.17) is 0 Å². The first kappa shape index (κ1) is 16.9. The van der Waals surface area contributed by atoms with Gasteiger partial charge in [-0.25, -0.2) is 4.39 Å². The zero-order valence-corrected chi connectivity index (χ0v) is 13.6. The minimum atomic E-state index is -0.451. The summed E-state index contributed by atoms with van der Waals surface area (Å²) in [6.45, 7) is 0. The molecule has 23 heavy (non-hydrogen) atoms. The van der Waals surface area contributed by atoms with Crippen LogP contribution in [0.4, 0.5) is 4.39 Å². The molecule has 2 rings (SSSR count). The van der Waals surface area contributed by atoms with E-state index in [0.29, 0.717) is 5.56 Å². The minimum Gasteiger partial charge on any atom is -0.273 e. The Labute approximate surface area is 141 Å². The van der Waals surface area contributed by atoms with Gasteiger partial charge in [0.15, 0.2) is 0 Å². The fourth-order valence-electron chi connectivity index (χ4n) is 1.78. The second kappa shape index (κ2) is 8.24. The van der Waals surface area contributed by atoms with Crippen molar-refractivity contribution in [2.75, 3.05) is 0 Å². The first-order chi connectivity index (χ1) is 11.0. The molecule has 0 heterocycles. The molecule has 0 spiro atoms. The molecule has 0 aliphatic heterocycles. The summed E-state index contributed by atoms with van der Waals surface area (Å²) in [6.07, 6.45) is 3.00. The molecule has 4 nitrogen and oxygen atoms in total.